The van der Waals surface area contributed by atoms with E-state index in [-0.39, 0.29) is 24.7 Å². The number of nitrogens with one attached hydrogen (secondary N) is 1. The molecule has 0 fully saturated rings. The van der Waals surface area contributed by atoms with Crippen LogP contribution in [0.5, 0.6) is 5.75 Å². The molecule has 0 bridgehead atoms. The third kappa shape index (κ3) is 4.01. The minimum absolute atomic E-state index is 0.215. The highest BCUT2D eigenvalue weighted by molar-refractivity contribution is 6.31. The molecule has 140 valence electrons. The van der Waals surface area contributed by atoms with Crippen LogP contribution >= 0.6 is 11.6 Å². The molecular formula is C18H18ClN5O3. The second kappa shape index (κ2) is 8.05. The van der Waals surface area contributed by atoms with Crippen molar-refractivity contribution in [3.63, 3.8) is 0 Å². The molecule has 2 heterocycles. The summed E-state index contributed by atoms with van der Waals surface area (Å²) in [7, 11) is 3.11. The quantitative estimate of drug-likeness (QED) is 0.695. The standard InChI is InChI=1S/C18H18ClN5O3/c1-23-16(14-5-3-4-8-20-14)22-24(18(23)26)10-9-21-17(25)13-11-12(19)6-7-15(13)27-2/h3-8,11H,9-10H2,1-2H3,(H,21,25). The van der Waals surface area contributed by atoms with E-state index in [1.165, 1.54) is 22.4 Å². The fraction of sp³-hybridized carbons (Fsp3) is 0.222. The third-order valence-electron chi connectivity index (χ3n) is 3.95. The monoisotopic (exact) mass is 387 g/mol. The molecule has 0 aliphatic rings. The van der Waals surface area contributed by atoms with Crippen LogP contribution in [0, 0.1) is 0 Å². The predicted octanol–water partition coefficient (Wildman–Crippen LogP) is 1.74. The fourth-order valence-corrected chi connectivity index (χ4v) is 2.75. The lowest BCUT2D eigenvalue weighted by Gasteiger charge is -2.09. The minimum atomic E-state index is -0.344. The van der Waals surface area contributed by atoms with Crippen LogP contribution in [0.3, 0.4) is 0 Å². The first-order valence-corrected chi connectivity index (χ1v) is 8.56. The summed E-state index contributed by atoms with van der Waals surface area (Å²) in [5.41, 5.74) is 0.640. The third-order valence-corrected chi connectivity index (χ3v) is 4.19. The number of hydrogen-bond acceptors (Lipinski definition) is 5. The smallest absolute Gasteiger partial charge is 0.346 e. The number of pyridine rings is 1. The summed E-state index contributed by atoms with van der Waals surface area (Å²) in [5.74, 6) is 0.538. The average molecular weight is 388 g/mol. The van der Waals surface area contributed by atoms with E-state index in [9.17, 15) is 9.59 Å². The molecule has 3 rings (SSSR count). The SMILES string of the molecule is COc1ccc(Cl)cc1C(=O)NCCn1nc(-c2ccccn2)n(C)c1=O. The van der Waals surface area contributed by atoms with E-state index in [1.54, 1.807) is 37.5 Å². The molecule has 1 aromatic carbocycles. The highest BCUT2D eigenvalue weighted by atomic mass is 35.5. The van der Waals surface area contributed by atoms with E-state index in [0.29, 0.717) is 27.9 Å². The van der Waals surface area contributed by atoms with Crippen molar-refractivity contribution in [3.8, 4) is 17.3 Å². The largest absolute Gasteiger partial charge is 0.496 e. The van der Waals surface area contributed by atoms with Gasteiger partial charge in [-0.2, -0.15) is 0 Å². The molecule has 0 spiro atoms. The van der Waals surface area contributed by atoms with Gasteiger partial charge in [-0.25, -0.2) is 9.48 Å². The van der Waals surface area contributed by atoms with Gasteiger partial charge in [0.1, 0.15) is 11.4 Å². The molecule has 9 heteroatoms. The van der Waals surface area contributed by atoms with Crippen molar-refractivity contribution in [3.05, 3.63) is 63.7 Å². The van der Waals surface area contributed by atoms with Gasteiger partial charge in [-0.3, -0.25) is 14.3 Å². The highest BCUT2D eigenvalue weighted by Crippen LogP contribution is 2.22. The van der Waals surface area contributed by atoms with Gasteiger partial charge in [0.2, 0.25) is 0 Å². The van der Waals surface area contributed by atoms with Crippen molar-refractivity contribution in [2.75, 3.05) is 13.7 Å². The van der Waals surface area contributed by atoms with Gasteiger partial charge in [0.15, 0.2) is 5.82 Å². The Kier molecular flexibility index (Phi) is 5.56. The predicted molar refractivity (Wildman–Crippen MR) is 101 cm³/mol. The molecular weight excluding hydrogens is 370 g/mol. The average Bonchev–Trinajstić information content (AvgIpc) is 2.97. The highest BCUT2D eigenvalue weighted by Gasteiger charge is 2.15. The number of halogens is 1. The van der Waals surface area contributed by atoms with Crippen LogP contribution in [0.4, 0.5) is 0 Å². The summed E-state index contributed by atoms with van der Waals surface area (Å²) >= 11 is 5.95. The fourth-order valence-electron chi connectivity index (χ4n) is 2.58. The van der Waals surface area contributed by atoms with Crippen LogP contribution in [-0.4, -0.2) is 38.9 Å². The number of aromatic nitrogens is 4. The van der Waals surface area contributed by atoms with E-state index >= 15 is 0 Å². The number of hydrogen-bond donors (Lipinski definition) is 1. The summed E-state index contributed by atoms with van der Waals surface area (Å²) in [6.07, 6.45) is 1.64. The molecule has 8 nitrogen and oxygen atoms in total. The molecule has 2 aromatic heterocycles. The maximum absolute atomic E-state index is 12.4. The molecule has 3 aromatic rings. The molecule has 0 aliphatic carbocycles. The van der Waals surface area contributed by atoms with Gasteiger partial charge in [0.25, 0.3) is 5.91 Å². The number of ether oxygens (including phenoxy) is 1. The normalized spacial score (nSPS) is 10.6. The summed E-state index contributed by atoms with van der Waals surface area (Å²) in [5, 5.41) is 7.48. The van der Waals surface area contributed by atoms with Gasteiger partial charge in [-0.15, -0.1) is 5.10 Å². The zero-order chi connectivity index (χ0) is 19.4. The van der Waals surface area contributed by atoms with Gasteiger partial charge in [-0.1, -0.05) is 17.7 Å². The molecule has 1 N–H and O–H groups in total. The first kappa shape index (κ1) is 18.7. The Hall–Kier alpha value is -3.13. The lowest BCUT2D eigenvalue weighted by molar-refractivity contribution is 0.0948. The zero-order valence-electron chi connectivity index (χ0n) is 14.8. The van der Waals surface area contributed by atoms with E-state index in [0.717, 1.165) is 0 Å². The molecule has 0 atom stereocenters. The lowest BCUT2D eigenvalue weighted by atomic mass is 10.2. The van der Waals surface area contributed by atoms with Crippen molar-refractivity contribution >= 4 is 17.5 Å². The second-order valence-electron chi connectivity index (χ2n) is 5.70. The Morgan fingerprint density at radius 3 is 2.81 bits per heavy atom. The lowest BCUT2D eigenvalue weighted by Crippen LogP contribution is -2.32. The van der Waals surface area contributed by atoms with Crippen LogP contribution in [0.2, 0.25) is 5.02 Å². The number of benzene rings is 1. The Bertz CT molecular complexity index is 1010. The van der Waals surface area contributed by atoms with Crippen molar-refractivity contribution < 1.29 is 9.53 Å². The number of rotatable bonds is 6. The zero-order valence-corrected chi connectivity index (χ0v) is 15.6. The van der Waals surface area contributed by atoms with Crippen molar-refractivity contribution in [1.82, 2.24) is 24.6 Å². The number of amides is 1. The molecule has 27 heavy (non-hydrogen) atoms. The number of nitrogens with zero attached hydrogens (tertiary/aromatic N) is 4. The number of methoxy groups -OCH3 is 1. The van der Waals surface area contributed by atoms with Crippen LogP contribution in [0.25, 0.3) is 11.5 Å². The molecule has 0 radical (unpaired) electrons. The molecule has 0 saturated heterocycles. The Morgan fingerprint density at radius 2 is 2.11 bits per heavy atom. The Labute approximate surface area is 160 Å². The van der Waals surface area contributed by atoms with E-state index < -0.39 is 0 Å². The number of carbonyl (C=O) groups excluding carboxylic acids is 1. The van der Waals surface area contributed by atoms with Crippen LogP contribution in [0.1, 0.15) is 10.4 Å². The summed E-state index contributed by atoms with van der Waals surface area (Å²) < 4.78 is 7.89. The van der Waals surface area contributed by atoms with Crippen molar-refractivity contribution in [1.29, 1.82) is 0 Å². The van der Waals surface area contributed by atoms with Gasteiger partial charge < -0.3 is 10.1 Å². The number of carbonyl (C=O) groups is 1. The molecule has 0 aliphatic heterocycles. The van der Waals surface area contributed by atoms with Crippen LogP contribution in [-0.2, 0) is 13.6 Å². The van der Waals surface area contributed by atoms with E-state index in [1.807, 2.05) is 6.07 Å². The Balaban J connectivity index is 1.70. The topological polar surface area (TPSA) is 91.0 Å². The molecule has 0 saturated carbocycles. The van der Waals surface area contributed by atoms with Crippen LogP contribution < -0.4 is 15.7 Å². The maximum atomic E-state index is 12.4. The van der Waals surface area contributed by atoms with Crippen LogP contribution in [0.15, 0.2) is 47.4 Å². The first-order chi connectivity index (χ1) is 13.0. The van der Waals surface area contributed by atoms with Crippen molar-refractivity contribution in [2.24, 2.45) is 7.05 Å². The summed E-state index contributed by atoms with van der Waals surface area (Å²) in [4.78, 5) is 28.9. The first-order valence-electron chi connectivity index (χ1n) is 8.18. The molecule has 1 amide bonds. The second-order valence-corrected chi connectivity index (χ2v) is 6.14. The van der Waals surface area contributed by atoms with E-state index in [4.69, 9.17) is 16.3 Å². The maximum Gasteiger partial charge on any atom is 0.346 e. The Morgan fingerprint density at radius 1 is 1.30 bits per heavy atom. The van der Waals surface area contributed by atoms with Gasteiger partial charge in [0, 0.05) is 24.8 Å². The van der Waals surface area contributed by atoms with Crippen molar-refractivity contribution in [2.45, 2.75) is 6.54 Å². The summed E-state index contributed by atoms with van der Waals surface area (Å²) in [6.45, 7) is 0.432. The van der Waals surface area contributed by atoms with Gasteiger partial charge >= 0.3 is 5.69 Å². The van der Waals surface area contributed by atoms with E-state index in [2.05, 4.69) is 15.4 Å². The minimum Gasteiger partial charge on any atom is -0.496 e. The molecule has 0 unspecified atom stereocenters. The van der Waals surface area contributed by atoms with Gasteiger partial charge in [-0.05, 0) is 30.3 Å². The van der Waals surface area contributed by atoms with Gasteiger partial charge in [0.05, 0.1) is 19.2 Å². The summed E-state index contributed by atoms with van der Waals surface area (Å²) in [6, 6.07) is 10.2.